The Labute approximate surface area is 623 Å². The number of nitrogens with zero attached hydrogens (tertiary/aromatic N) is 6. The number of hydrogen-bond donors (Lipinski definition) is 0. The Morgan fingerprint density at radius 1 is 0.408 bits per heavy atom. The molecule has 555 valence electrons. The van der Waals surface area contributed by atoms with Crippen LogP contribution in [0.4, 0.5) is 26.3 Å². The van der Waals surface area contributed by atoms with Crippen molar-refractivity contribution >= 4 is 22.6 Å². The minimum atomic E-state index is -4.43. The van der Waals surface area contributed by atoms with E-state index in [4.69, 9.17) is 20.0 Å². The molecule has 16 atom stereocenters. The van der Waals surface area contributed by atoms with Crippen molar-refractivity contribution in [2.45, 2.75) is 297 Å². The fraction of sp³-hybridized carbons (Fsp3) is 0.644. The van der Waals surface area contributed by atoms with Crippen LogP contribution < -0.4 is 9.97 Å². The van der Waals surface area contributed by atoms with Crippen molar-refractivity contribution in [1.82, 2.24) is 9.97 Å². The van der Waals surface area contributed by atoms with Crippen LogP contribution in [0.5, 0.6) is 0 Å². The fourth-order valence-corrected chi connectivity index (χ4v) is 21.5. The van der Waals surface area contributed by atoms with Crippen LogP contribution in [0.25, 0.3) is 11.1 Å². The van der Waals surface area contributed by atoms with E-state index in [0.717, 1.165) is 193 Å². The second-order valence-corrected chi connectivity index (χ2v) is 34.3. The predicted molar refractivity (Wildman–Crippen MR) is 401 cm³/mol. The average molecular weight is 1450 g/mol. The summed E-state index contributed by atoms with van der Waals surface area (Å²) in [5, 5.41) is 22.1. The zero-order valence-electron chi connectivity index (χ0n) is 62.9. The van der Waals surface area contributed by atoms with Crippen LogP contribution in [-0.2, 0) is 29.1 Å². The molecule has 2 aliphatic heterocycles. The molecule has 0 spiro atoms. The van der Waals surface area contributed by atoms with Crippen LogP contribution >= 0.6 is 0 Å². The molecule has 10 aliphatic rings. The van der Waals surface area contributed by atoms with Crippen molar-refractivity contribution in [2.75, 3.05) is 0 Å². The molecule has 103 heavy (non-hydrogen) atoms. The maximum Gasteiger partial charge on any atom is 2.00 e. The number of rotatable bonds is 12. The van der Waals surface area contributed by atoms with E-state index in [1.807, 2.05) is 0 Å². The number of benzene rings is 2. The minimum absolute atomic E-state index is 0. The van der Waals surface area contributed by atoms with Gasteiger partial charge in [-0.3, -0.25) is 9.98 Å². The standard InChI is InChI=1S/2C45H57F3N3.Co/c2*1-27-13-5-9-17-33(27)37-25-39(34-18-10-6-14-28(34)2)50-43(37)40(31-21-23-32(24-22-31)45(46,47)48)44-41(35-19-11-7-15-29(35)3)38(26-49)42(51-44)36-20-12-8-16-30(36)4;/h2*21-25,27-30,33-36H,5-20H2,1-4H3;/q2*-1;+2/b44-40-;43-40-;. The van der Waals surface area contributed by atoms with Crippen LogP contribution in [0, 0.1) is 93.7 Å². The van der Waals surface area contributed by atoms with Gasteiger partial charge in [0.1, 0.15) is 6.07 Å². The molecule has 1 radical (unpaired) electrons. The number of halogens is 6. The molecule has 2 aromatic heterocycles. The smallest absolute Gasteiger partial charge is 0.660 e. The second kappa shape index (κ2) is 33.2. The molecule has 8 saturated carbocycles. The monoisotopic (exact) mass is 1450 g/mol. The van der Waals surface area contributed by atoms with Crippen molar-refractivity contribution in [1.29, 1.82) is 10.5 Å². The van der Waals surface area contributed by atoms with Gasteiger partial charge >= 0.3 is 29.1 Å². The summed E-state index contributed by atoms with van der Waals surface area (Å²) in [5.74, 6) is 5.87. The van der Waals surface area contributed by atoms with Crippen molar-refractivity contribution < 1.29 is 43.1 Å². The SMILES string of the molecule is CC1CCCCC1C1=CC(C2CCCCC2C)=N/C1=C(/c1ccc(C(F)(F)F)cc1)c1[n-]c(C2CCCCC2C)c(C#N)c1C1CCCCC1C.CC1CCCCC1C1=N/C(=C(/c2ccc(C(F)(F)F)cc2)c2[n-]c(C3CCCCC3C)cc2C2CCCCC2C)C(C2CCCCC2C)=C1C#N.[Co+2]. The van der Waals surface area contributed by atoms with Crippen molar-refractivity contribution in [2.24, 2.45) is 81.0 Å². The number of aromatic nitrogens is 2. The second-order valence-electron chi connectivity index (χ2n) is 34.3. The summed E-state index contributed by atoms with van der Waals surface area (Å²) < 4.78 is 83.9. The first kappa shape index (κ1) is 77.0. The summed E-state index contributed by atoms with van der Waals surface area (Å²) in [6.45, 7) is 18.7. The third-order valence-corrected chi connectivity index (χ3v) is 27.7. The molecule has 4 heterocycles. The number of allylic oxidation sites excluding steroid dienone is 4. The topological polar surface area (TPSA) is 100 Å². The fourth-order valence-electron chi connectivity index (χ4n) is 21.5. The van der Waals surface area contributed by atoms with E-state index in [-0.39, 0.29) is 40.5 Å². The molecule has 6 nitrogen and oxygen atoms in total. The molecule has 16 unspecified atom stereocenters. The predicted octanol–water partition coefficient (Wildman–Crippen LogP) is 25.8. The van der Waals surface area contributed by atoms with Gasteiger partial charge in [0, 0.05) is 28.7 Å². The van der Waals surface area contributed by atoms with Gasteiger partial charge in [-0.1, -0.05) is 245 Å². The first-order valence-corrected chi connectivity index (χ1v) is 40.8. The van der Waals surface area contributed by atoms with Gasteiger partial charge in [0.15, 0.2) is 0 Å². The summed E-state index contributed by atoms with van der Waals surface area (Å²) in [7, 11) is 0. The van der Waals surface area contributed by atoms with E-state index < -0.39 is 23.5 Å². The van der Waals surface area contributed by atoms with E-state index in [1.165, 1.54) is 138 Å². The number of aliphatic imine (C=N–C) groups is 2. The maximum absolute atomic E-state index is 14.0. The van der Waals surface area contributed by atoms with E-state index in [0.29, 0.717) is 71.0 Å². The van der Waals surface area contributed by atoms with Crippen molar-refractivity contribution in [3.63, 3.8) is 0 Å². The molecule has 0 saturated heterocycles. The summed E-state index contributed by atoms with van der Waals surface area (Å²) in [5.41, 5.74) is 15.6. The normalized spacial score (nSPS) is 32.8. The van der Waals surface area contributed by atoms with Gasteiger partial charge < -0.3 is 9.97 Å². The first-order valence-electron chi connectivity index (χ1n) is 40.8. The molecule has 2 aromatic carbocycles. The third-order valence-electron chi connectivity index (χ3n) is 27.7. The first-order chi connectivity index (χ1) is 49.1. The van der Waals surface area contributed by atoms with Crippen LogP contribution in [0.2, 0.25) is 0 Å². The summed E-state index contributed by atoms with van der Waals surface area (Å²) in [6, 6.07) is 19.4. The van der Waals surface area contributed by atoms with E-state index in [9.17, 15) is 36.9 Å². The van der Waals surface area contributed by atoms with Crippen molar-refractivity contribution in [3.05, 3.63) is 151 Å². The Morgan fingerprint density at radius 3 is 1.23 bits per heavy atom. The minimum Gasteiger partial charge on any atom is -0.660 e. The zero-order chi connectivity index (χ0) is 71.7. The molecular weight excluding hydrogens is 1340 g/mol. The zero-order valence-corrected chi connectivity index (χ0v) is 64.0. The van der Waals surface area contributed by atoms with Crippen LogP contribution in [0.15, 0.2) is 98.8 Å². The molecular formula is C90H114CoF6N6. The maximum atomic E-state index is 14.0. The Bertz CT molecular complexity index is 3910. The van der Waals surface area contributed by atoms with Gasteiger partial charge in [0.25, 0.3) is 0 Å². The summed E-state index contributed by atoms with van der Waals surface area (Å²) in [6.07, 6.45) is 30.1. The molecule has 0 N–H and O–H groups in total. The largest absolute Gasteiger partial charge is 2.00 e. The Kier molecular flexibility index (Phi) is 24.9. The van der Waals surface area contributed by atoms with Gasteiger partial charge in [-0.2, -0.15) is 42.6 Å². The molecule has 8 fully saturated rings. The van der Waals surface area contributed by atoms with Crippen molar-refractivity contribution in [3.8, 4) is 12.1 Å². The van der Waals surface area contributed by atoms with Crippen LogP contribution in [0.1, 0.15) is 346 Å². The molecule has 4 aromatic rings. The summed E-state index contributed by atoms with van der Waals surface area (Å²) in [4.78, 5) is 22.5. The van der Waals surface area contributed by atoms with Gasteiger partial charge in [-0.05, 0) is 198 Å². The van der Waals surface area contributed by atoms with Gasteiger partial charge in [-0.15, -0.1) is 17.1 Å². The number of nitriles is 2. The average Bonchev–Trinajstić information content (AvgIpc) is 1.60. The Morgan fingerprint density at radius 2 is 0.796 bits per heavy atom. The van der Waals surface area contributed by atoms with E-state index >= 15 is 0 Å². The quantitative estimate of drug-likeness (QED) is 0.132. The molecule has 8 aliphatic carbocycles. The van der Waals surface area contributed by atoms with Gasteiger partial charge in [-0.25, -0.2) is 0 Å². The molecule has 0 bridgehead atoms. The van der Waals surface area contributed by atoms with Crippen LogP contribution in [0.3, 0.4) is 0 Å². The number of hydrogen-bond acceptors (Lipinski definition) is 4. The summed E-state index contributed by atoms with van der Waals surface area (Å²) >= 11 is 0. The van der Waals surface area contributed by atoms with Gasteiger partial charge in [0.05, 0.1) is 39.9 Å². The van der Waals surface area contributed by atoms with Crippen LogP contribution in [-0.4, -0.2) is 11.4 Å². The molecule has 13 heteroatoms. The number of alkyl halides is 6. The molecule has 14 rings (SSSR count). The third kappa shape index (κ3) is 16.2. The van der Waals surface area contributed by atoms with E-state index in [2.05, 4.69) is 79.7 Å². The Balaban J connectivity index is 0.000000192. The van der Waals surface area contributed by atoms with E-state index in [1.54, 1.807) is 24.3 Å². The van der Waals surface area contributed by atoms with Gasteiger partial charge in [0.2, 0.25) is 0 Å². The Hall–Kier alpha value is -5.63. The molecule has 0 amide bonds.